The summed E-state index contributed by atoms with van der Waals surface area (Å²) in [5.74, 6) is 0.697. The largest absolute Gasteiger partial charge is 0.381 e. The Balaban J connectivity index is 1.47. The van der Waals surface area contributed by atoms with Crippen molar-refractivity contribution in [2.24, 2.45) is 0 Å². The fourth-order valence-corrected chi connectivity index (χ4v) is 3.72. The van der Waals surface area contributed by atoms with E-state index in [1.807, 2.05) is 0 Å². The summed E-state index contributed by atoms with van der Waals surface area (Å²) in [4.78, 5) is 2.54. The molecule has 0 saturated carbocycles. The number of hydrogen-bond acceptors (Lipinski definition) is 2. The Kier molecular flexibility index (Phi) is 3.96. The van der Waals surface area contributed by atoms with Crippen molar-refractivity contribution in [2.45, 2.75) is 38.4 Å². The maximum Gasteiger partial charge on any atom is 0.0471 e. The molecule has 1 fully saturated rings. The zero-order valence-electron chi connectivity index (χ0n) is 13.0. The molecule has 0 radical (unpaired) electrons. The molecule has 22 heavy (non-hydrogen) atoms. The van der Waals surface area contributed by atoms with E-state index in [2.05, 4.69) is 53.4 Å². The van der Waals surface area contributed by atoms with Crippen molar-refractivity contribution >= 4 is 0 Å². The van der Waals surface area contributed by atoms with Crippen LogP contribution in [-0.4, -0.2) is 18.1 Å². The van der Waals surface area contributed by atoms with Gasteiger partial charge in [-0.2, -0.15) is 0 Å². The number of hydrogen-bond donors (Lipinski definition) is 0. The van der Waals surface area contributed by atoms with Gasteiger partial charge in [-0.3, -0.25) is 4.90 Å². The first-order chi connectivity index (χ1) is 10.9. The van der Waals surface area contributed by atoms with Crippen LogP contribution in [0.25, 0.3) is 0 Å². The minimum atomic E-state index is 0.697. The minimum Gasteiger partial charge on any atom is -0.381 e. The van der Waals surface area contributed by atoms with Crippen molar-refractivity contribution in [3.63, 3.8) is 0 Å². The van der Waals surface area contributed by atoms with Crippen molar-refractivity contribution in [2.75, 3.05) is 13.2 Å². The van der Waals surface area contributed by atoms with Gasteiger partial charge in [0.05, 0.1) is 0 Å². The number of benzene rings is 2. The molecule has 0 spiro atoms. The highest BCUT2D eigenvalue weighted by Crippen LogP contribution is 2.31. The van der Waals surface area contributed by atoms with Crippen LogP contribution in [0, 0.1) is 0 Å². The molecular weight excluding hydrogens is 270 g/mol. The maximum atomic E-state index is 5.49. The zero-order chi connectivity index (χ0) is 14.8. The van der Waals surface area contributed by atoms with Gasteiger partial charge in [-0.15, -0.1) is 0 Å². The summed E-state index contributed by atoms with van der Waals surface area (Å²) in [7, 11) is 0. The van der Waals surface area contributed by atoms with E-state index in [0.29, 0.717) is 5.92 Å². The third kappa shape index (κ3) is 2.94. The Bertz CT molecular complexity index is 631. The number of ether oxygens (including phenoxy) is 1. The number of fused-ring (bicyclic) bond motifs is 1. The van der Waals surface area contributed by atoms with Gasteiger partial charge < -0.3 is 4.74 Å². The highest BCUT2D eigenvalue weighted by Gasteiger charge is 2.22. The molecule has 2 nitrogen and oxygen atoms in total. The normalized spacial score (nSPS) is 19.3. The van der Waals surface area contributed by atoms with E-state index in [-0.39, 0.29) is 0 Å². The Morgan fingerprint density at radius 2 is 1.68 bits per heavy atom. The summed E-state index contributed by atoms with van der Waals surface area (Å²) in [5, 5.41) is 0. The van der Waals surface area contributed by atoms with Crippen LogP contribution in [0.3, 0.4) is 0 Å². The van der Waals surface area contributed by atoms with E-state index in [1.165, 1.54) is 35.1 Å². The molecule has 2 aliphatic rings. The van der Waals surface area contributed by atoms with Crippen LogP contribution in [0.5, 0.6) is 0 Å². The van der Waals surface area contributed by atoms with Gasteiger partial charge in [0.15, 0.2) is 0 Å². The highest BCUT2D eigenvalue weighted by atomic mass is 16.5. The van der Waals surface area contributed by atoms with Gasteiger partial charge in [-0.25, -0.2) is 0 Å². The van der Waals surface area contributed by atoms with Crippen molar-refractivity contribution < 1.29 is 4.74 Å². The van der Waals surface area contributed by atoms with Crippen LogP contribution in [-0.2, 0) is 24.4 Å². The predicted molar refractivity (Wildman–Crippen MR) is 88.6 cm³/mol. The first-order valence-corrected chi connectivity index (χ1v) is 8.34. The molecule has 0 amide bonds. The Labute approximate surface area is 132 Å². The van der Waals surface area contributed by atoms with Gasteiger partial charge in [0.2, 0.25) is 0 Å². The first kappa shape index (κ1) is 14.0. The van der Waals surface area contributed by atoms with E-state index < -0.39 is 0 Å². The Hall–Kier alpha value is -1.64. The lowest BCUT2D eigenvalue weighted by atomic mass is 9.90. The second-order valence-corrected chi connectivity index (χ2v) is 6.55. The second kappa shape index (κ2) is 6.23. The van der Waals surface area contributed by atoms with E-state index in [0.717, 1.165) is 32.8 Å². The maximum absolute atomic E-state index is 5.49. The summed E-state index contributed by atoms with van der Waals surface area (Å²) < 4.78 is 5.49. The standard InChI is InChI=1S/C20H23NO/c1-2-4-16(5-3-1)13-21-14-19-7-6-18(12-20(19)15-21)17-8-10-22-11-9-17/h1-7,12,17H,8-11,13-15H2. The molecule has 0 aliphatic carbocycles. The van der Waals surface area contributed by atoms with Gasteiger partial charge in [0.1, 0.15) is 0 Å². The van der Waals surface area contributed by atoms with E-state index in [1.54, 1.807) is 0 Å². The van der Waals surface area contributed by atoms with Crippen LogP contribution in [0.15, 0.2) is 48.5 Å². The summed E-state index contributed by atoms with van der Waals surface area (Å²) in [6.07, 6.45) is 2.35. The van der Waals surface area contributed by atoms with Crippen LogP contribution in [0.4, 0.5) is 0 Å². The van der Waals surface area contributed by atoms with Crippen molar-refractivity contribution in [3.8, 4) is 0 Å². The zero-order valence-corrected chi connectivity index (χ0v) is 13.0. The molecule has 0 unspecified atom stereocenters. The van der Waals surface area contributed by atoms with Crippen LogP contribution < -0.4 is 0 Å². The molecule has 0 N–H and O–H groups in total. The fourth-order valence-electron chi connectivity index (χ4n) is 3.72. The Morgan fingerprint density at radius 3 is 2.50 bits per heavy atom. The lowest BCUT2D eigenvalue weighted by molar-refractivity contribution is 0.0853. The molecule has 2 aromatic carbocycles. The van der Waals surface area contributed by atoms with Crippen LogP contribution in [0.1, 0.15) is 41.0 Å². The predicted octanol–water partition coefficient (Wildman–Crippen LogP) is 4.10. The second-order valence-electron chi connectivity index (χ2n) is 6.55. The third-order valence-electron chi connectivity index (χ3n) is 4.96. The van der Waals surface area contributed by atoms with Crippen molar-refractivity contribution in [1.82, 2.24) is 4.90 Å². The average Bonchev–Trinajstić information content (AvgIpc) is 2.98. The van der Waals surface area contributed by atoms with Gasteiger partial charge in [-0.05, 0) is 41.0 Å². The molecular formula is C20H23NO. The topological polar surface area (TPSA) is 12.5 Å². The first-order valence-electron chi connectivity index (χ1n) is 8.34. The lowest BCUT2D eigenvalue weighted by Gasteiger charge is -2.22. The van der Waals surface area contributed by atoms with Gasteiger partial charge >= 0.3 is 0 Å². The smallest absolute Gasteiger partial charge is 0.0471 e. The summed E-state index contributed by atoms with van der Waals surface area (Å²) in [6.45, 7) is 5.05. The molecule has 4 rings (SSSR count). The molecule has 2 aromatic rings. The molecule has 2 aliphatic heterocycles. The van der Waals surface area contributed by atoms with Gasteiger partial charge in [-0.1, -0.05) is 48.5 Å². The molecule has 2 heteroatoms. The Morgan fingerprint density at radius 1 is 0.909 bits per heavy atom. The summed E-state index contributed by atoms with van der Waals surface area (Å²) >= 11 is 0. The molecule has 0 atom stereocenters. The van der Waals surface area contributed by atoms with Gasteiger partial charge in [0, 0.05) is 32.8 Å². The molecule has 114 valence electrons. The average molecular weight is 293 g/mol. The highest BCUT2D eigenvalue weighted by molar-refractivity contribution is 5.36. The van der Waals surface area contributed by atoms with Crippen LogP contribution in [0.2, 0.25) is 0 Å². The van der Waals surface area contributed by atoms with Crippen molar-refractivity contribution in [3.05, 3.63) is 70.8 Å². The van der Waals surface area contributed by atoms with E-state index in [4.69, 9.17) is 4.74 Å². The molecule has 0 bridgehead atoms. The molecule has 0 aromatic heterocycles. The van der Waals surface area contributed by atoms with Gasteiger partial charge in [0.25, 0.3) is 0 Å². The van der Waals surface area contributed by atoms with Crippen LogP contribution >= 0.6 is 0 Å². The van der Waals surface area contributed by atoms with Crippen molar-refractivity contribution in [1.29, 1.82) is 0 Å². The lowest BCUT2D eigenvalue weighted by Crippen LogP contribution is -2.15. The summed E-state index contributed by atoms with van der Waals surface area (Å²) in [6, 6.07) is 17.9. The SMILES string of the molecule is c1ccc(CN2Cc3ccc(C4CCOCC4)cc3C2)cc1. The molecule has 2 heterocycles. The summed E-state index contributed by atoms with van der Waals surface area (Å²) in [5.41, 5.74) is 5.95. The quantitative estimate of drug-likeness (QED) is 0.845. The number of rotatable bonds is 3. The fraction of sp³-hybridized carbons (Fsp3) is 0.400. The third-order valence-corrected chi connectivity index (χ3v) is 4.96. The minimum absolute atomic E-state index is 0.697. The van der Waals surface area contributed by atoms with E-state index in [9.17, 15) is 0 Å². The van der Waals surface area contributed by atoms with E-state index >= 15 is 0 Å². The molecule has 1 saturated heterocycles. The monoisotopic (exact) mass is 293 g/mol. The number of nitrogens with zero attached hydrogens (tertiary/aromatic N) is 1.